The van der Waals surface area contributed by atoms with E-state index in [0.29, 0.717) is 11.5 Å². The standard InChI is InChI=1S/C50H32N2O/c1-4-14-33(15-5-1)41-30-42(34-16-6-2-7-17-34)32-43(31-41)39-23-12-21-37(28-39)38-22-13-24-40(29-38)48-47-46-44-25-11-10-18-35(44)26-27-45(46)53-50(47)52-49(51-48)36-19-8-3-9-20-36/h1-32H. The summed E-state index contributed by atoms with van der Waals surface area (Å²) in [4.78, 5) is 10.3. The Morgan fingerprint density at radius 3 is 1.43 bits per heavy atom. The Bertz CT molecular complexity index is 2870. The van der Waals surface area contributed by atoms with Crippen LogP contribution >= 0.6 is 0 Å². The Morgan fingerprint density at radius 1 is 0.321 bits per heavy atom. The highest BCUT2D eigenvalue weighted by Gasteiger charge is 2.20. The summed E-state index contributed by atoms with van der Waals surface area (Å²) in [5.74, 6) is 0.636. The molecule has 3 heteroatoms. The minimum atomic E-state index is 0.583. The van der Waals surface area contributed by atoms with Gasteiger partial charge in [-0.05, 0) is 91.7 Å². The molecule has 0 fully saturated rings. The fourth-order valence-corrected chi connectivity index (χ4v) is 7.48. The van der Waals surface area contributed by atoms with Crippen molar-refractivity contribution in [1.29, 1.82) is 0 Å². The van der Waals surface area contributed by atoms with E-state index in [2.05, 4.69) is 158 Å². The molecule has 10 rings (SSSR count). The van der Waals surface area contributed by atoms with E-state index in [9.17, 15) is 0 Å². The van der Waals surface area contributed by atoms with Crippen LogP contribution in [0.5, 0.6) is 0 Å². The molecule has 0 aliphatic heterocycles. The van der Waals surface area contributed by atoms with Crippen LogP contribution in [-0.2, 0) is 0 Å². The first-order valence-corrected chi connectivity index (χ1v) is 17.9. The molecule has 0 N–H and O–H groups in total. The highest BCUT2D eigenvalue weighted by atomic mass is 16.3. The van der Waals surface area contributed by atoms with Crippen molar-refractivity contribution in [2.75, 3.05) is 0 Å². The Balaban J connectivity index is 1.13. The summed E-state index contributed by atoms with van der Waals surface area (Å²) in [7, 11) is 0. The predicted octanol–water partition coefficient (Wildman–Crippen LogP) is 13.5. The van der Waals surface area contributed by atoms with Crippen molar-refractivity contribution < 1.29 is 4.42 Å². The Morgan fingerprint density at radius 2 is 0.792 bits per heavy atom. The van der Waals surface area contributed by atoms with Crippen molar-refractivity contribution in [3.05, 3.63) is 194 Å². The molecule has 0 aliphatic rings. The fourth-order valence-electron chi connectivity index (χ4n) is 7.48. The largest absolute Gasteiger partial charge is 0.438 e. The average molecular weight is 677 g/mol. The van der Waals surface area contributed by atoms with Crippen molar-refractivity contribution in [2.45, 2.75) is 0 Å². The second kappa shape index (κ2) is 12.9. The van der Waals surface area contributed by atoms with E-state index in [0.717, 1.165) is 60.6 Å². The maximum absolute atomic E-state index is 6.50. The average Bonchev–Trinajstić information content (AvgIpc) is 3.63. The number of hydrogen-bond donors (Lipinski definition) is 0. The third-order valence-electron chi connectivity index (χ3n) is 10.1. The van der Waals surface area contributed by atoms with E-state index >= 15 is 0 Å². The second-order valence-corrected chi connectivity index (χ2v) is 13.4. The van der Waals surface area contributed by atoms with Crippen LogP contribution in [0.2, 0.25) is 0 Å². The lowest BCUT2D eigenvalue weighted by Crippen LogP contribution is -1.94. The van der Waals surface area contributed by atoms with Gasteiger partial charge in [0, 0.05) is 16.5 Å². The molecule has 2 heterocycles. The van der Waals surface area contributed by atoms with E-state index in [1.165, 1.54) is 27.8 Å². The van der Waals surface area contributed by atoms with Gasteiger partial charge in [-0.2, -0.15) is 4.98 Å². The SMILES string of the molecule is c1ccc(-c2cc(-c3ccccc3)cc(-c3cccc(-c4cccc(-c5nc(-c6ccccc6)nc6oc7ccc8ccccc8c7c56)c4)c3)c2)cc1. The number of rotatable bonds is 6. The van der Waals surface area contributed by atoms with Gasteiger partial charge in [-0.15, -0.1) is 0 Å². The number of hydrogen-bond acceptors (Lipinski definition) is 3. The van der Waals surface area contributed by atoms with Crippen molar-refractivity contribution in [3.63, 3.8) is 0 Å². The molecule has 0 radical (unpaired) electrons. The maximum atomic E-state index is 6.50. The van der Waals surface area contributed by atoms with E-state index in [1.54, 1.807) is 0 Å². The molecule has 10 aromatic rings. The monoisotopic (exact) mass is 676 g/mol. The zero-order chi connectivity index (χ0) is 35.1. The van der Waals surface area contributed by atoms with E-state index in [4.69, 9.17) is 14.4 Å². The van der Waals surface area contributed by atoms with Crippen LogP contribution < -0.4 is 0 Å². The number of fused-ring (bicyclic) bond motifs is 5. The molecule has 0 bridgehead atoms. The zero-order valence-electron chi connectivity index (χ0n) is 28.8. The van der Waals surface area contributed by atoms with E-state index in [-0.39, 0.29) is 0 Å². The van der Waals surface area contributed by atoms with E-state index in [1.807, 2.05) is 36.4 Å². The normalized spacial score (nSPS) is 11.4. The number of aromatic nitrogens is 2. The molecule has 0 aliphatic carbocycles. The van der Waals surface area contributed by atoms with Gasteiger partial charge in [0.15, 0.2) is 5.82 Å². The maximum Gasteiger partial charge on any atom is 0.231 e. The summed E-state index contributed by atoms with van der Waals surface area (Å²) >= 11 is 0. The summed E-state index contributed by atoms with van der Waals surface area (Å²) in [6, 6.07) is 68.4. The van der Waals surface area contributed by atoms with Crippen molar-refractivity contribution in [1.82, 2.24) is 9.97 Å². The number of nitrogens with zero attached hydrogens (tertiary/aromatic N) is 2. The molecule has 2 aromatic heterocycles. The smallest absolute Gasteiger partial charge is 0.231 e. The summed E-state index contributed by atoms with van der Waals surface area (Å²) < 4.78 is 6.50. The number of benzene rings is 8. The lowest BCUT2D eigenvalue weighted by Gasteiger charge is -2.13. The third-order valence-corrected chi connectivity index (χ3v) is 10.1. The summed E-state index contributed by atoms with van der Waals surface area (Å²) in [6.45, 7) is 0. The van der Waals surface area contributed by atoms with Crippen LogP contribution in [0.4, 0.5) is 0 Å². The molecule has 0 spiro atoms. The van der Waals surface area contributed by atoms with Gasteiger partial charge in [-0.1, -0.05) is 158 Å². The molecule has 248 valence electrons. The molecule has 0 unspecified atom stereocenters. The van der Waals surface area contributed by atoms with Gasteiger partial charge < -0.3 is 4.42 Å². The summed E-state index contributed by atoms with van der Waals surface area (Å²) in [6.07, 6.45) is 0. The first-order valence-electron chi connectivity index (χ1n) is 17.9. The van der Waals surface area contributed by atoms with Gasteiger partial charge in [0.25, 0.3) is 0 Å². The minimum Gasteiger partial charge on any atom is -0.438 e. The molecule has 0 amide bonds. The highest BCUT2D eigenvalue weighted by molar-refractivity contribution is 6.21. The molecule has 0 saturated carbocycles. The first kappa shape index (κ1) is 30.7. The molecule has 0 saturated heterocycles. The Hall–Kier alpha value is -7.10. The molecule has 0 atom stereocenters. The van der Waals surface area contributed by atoms with Crippen LogP contribution in [0.25, 0.3) is 100.0 Å². The van der Waals surface area contributed by atoms with Crippen LogP contribution in [-0.4, -0.2) is 9.97 Å². The highest BCUT2D eigenvalue weighted by Crippen LogP contribution is 2.41. The van der Waals surface area contributed by atoms with Gasteiger partial charge in [-0.3, -0.25) is 0 Å². The summed E-state index contributed by atoms with van der Waals surface area (Å²) in [5, 5.41) is 4.23. The minimum absolute atomic E-state index is 0.583. The summed E-state index contributed by atoms with van der Waals surface area (Å²) in [5.41, 5.74) is 13.5. The predicted molar refractivity (Wildman–Crippen MR) is 219 cm³/mol. The molecule has 8 aromatic carbocycles. The van der Waals surface area contributed by atoms with Crippen LogP contribution in [0.3, 0.4) is 0 Å². The van der Waals surface area contributed by atoms with Crippen LogP contribution in [0.15, 0.2) is 199 Å². The van der Waals surface area contributed by atoms with Gasteiger partial charge in [-0.25, -0.2) is 4.98 Å². The molecular formula is C50H32N2O. The molecule has 53 heavy (non-hydrogen) atoms. The van der Waals surface area contributed by atoms with Crippen LogP contribution in [0.1, 0.15) is 0 Å². The lowest BCUT2D eigenvalue weighted by atomic mass is 9.92. The molecular weight excluding hydrogens is 645 g/mol. The van der Waals surface area contributed by atoms with Gasteiger partial charge >= 0.3 is 0 Å². The van der Waals surface area contributed by atoms with Gasteiger partial charge in [0.1, 0.15) is 5.58 Å². The zero-order valence-corrected chi connectivity index (χ0v) is 28.8. The Kier molecular flexibility index (Phi) is 7.47. The lowest BCUT2D eigenvalue weighted by molar-refractivity contribution is 0.654. The Labute approximate surface area is 307 Å². The van der Waals surface area contributed by atoms with Crippen molar-refractivity contribution in [2.24, 2.45) is 0 Å². The number of furan rings is 1. The van der Waals surface area contributed by atoms with Gasteiger partial charge in [0.05, 0.1) is 11.1 Å². The second-order valence-electron chi connectivity index (χ2n) is 13.4. The van der Waals surface area contributed by atoms with E-state index < -0.39 is 0 Å². The van der Waals surface area contributed by atoms with Crippen LogP contribution in [0, 0.1) is 0 Å². The fraction of sp³-hybridized carbons (Fsp3) is 0. The quantitative estimate of drug-likeness (QED) is 0.176. The topological polar surface area (TPSA) is 38.9 Å². The van der Waals surface area contributed by atoms with Crippen molar-refractivity contribution in [3.8, 4) is 67.2 Å². The van der Waals surface area contributed by atoms with Crippen molar-refractivity contribution >= 4 is 32.8 Å². The molecule has 3 nitrogen and oxygen atoms in total. The first-order chi connectivity index (χ1) is 26.2. The van der Waals surface area contributed by atoms with Gasteiger partial charge in [0.2, 0.25) is 5.71 Å². The third kappa shape index (κ3) is 5.65.